The van der Waals surface area contributed by atoms with Crippen molar-refractivity contribution < 1.29 is 13.9 Å². The molecule has 0 saturated heterocycles. The van der Waals surface area contributed by atoms with E-state index >= 15 is 0 Å². The number of para-hydroxylation sites is 1. The monoisotopic (exact) mass is 237 g/mol. The molecule has 0 saturated carbocycles. The smallest absolute Gasteiger partial charge is 0.124 e. The molecule has 0 heterocycles. The minimum absolute atomic E-state index is 0.0464. The summed E-state index contributed by atoms with van der Waals surface area (Å²) in [6, 6.07) is 9.40. The van der Waals surface area contributed by atoms with Crippen molar-refractivity contribution in [2.45, 2.75) is 26.1 Å². The third kappa shape index (κ3) is 4.83. The van der Waals surface area contributed by atoms with Crippen LogP contribution in [0.5, 0.6) is 5.75 Å². The number of hydrogen-bond donors (Lipinski definition) is 0. The van der Waals surface area contributed by atoms with E-state index in [1.165, 1.54) is 0 Å². The van der Waals surface area contributed by atoms with E-state index in [9.17, 15) is 4.39 Å². The fourth-order valence-corrected chi connectivity index (χ4v) is 1.33. The average Bonchev–Trinajstić information content (AvgIpc) is 2.35. The Balaban J connectivity index is 2.54. The van der Waals surface area contributed by atoms with Crippen LogP contribution >= 0.6 is 0 Å². The Hall–Kier alpha value is -1.60. The highest BCUT2D eigenvalue weighted by molar-refractivity contribution is 5.32. The number of nitriles is 1. The van der Waals surface area contributed by atoms with Crippen LogP contribution in [-0.2, 0) is 11.3 Å². The van der Waals surface area contributed by atoms with Gasteiger partial charge in [-0.25, -0.2) is 4.39 Å². The van der Waals surface area contributed by atoms with E-state index in [4.69, 9.17) is 14.7 Å². The predicted molar refractivity (Wildman–Crippen MR) is 62.4 cm³/mol. The van der Waals surface area contributed by atoms with Crippen LogP contribution in [0.1, 0.15) is 18.9 Å². The fourth-order valence-electron chi connectivity index (χ4n) is 1.33. The van der Waals surface area contributed by atoms with Crippen molar-refractivity contribution in [3.63, 3.8) is 0 Å². The van der Waals surface area contributed by atoms with E-state index in [-0.39, 0.29) is 12.7 Å². The molecule has 1 unspecified atom stereocenters. The number of rotatable bonds is 7. The van der Waals surface area contributed by atoms with Crippen molar-refractivity contribution >= 4 is 0 Å². The molecule has 0 amide bonds. The van der Waals surface area contributed by atoms with Crippen LogP contribution in [0.3, 0.4) is 0 Å². The lowest BCUT2D eigenvalue weighted by molar-refractivity contribution is 0.0547. The van der Waals surface area contributed by atoms with Crippen molar-refractivity contribution in [1.82, 2.24) is 0 Å². The highest BCUT2D eigenvalue weighted by atomic mass is 19.1. The van der Waals surface area contributed by atoms with E-state index in [1.807, 2.05) is 31.2 Å². The van der Waals surface area contributed by atoms with Crippen LogP contribution in [0.4, 0.5) is 4.39 Å². The number of nitrogens with zero attached hydrogens (tertiary/aromatic N) is 1. The van der Waals surface area contributed by atoms with Gasteiger partial charge < -0.3 is 9.47 Å². The highest BCUT2D eigenvalue weighted by Crippen LogP contribution is 2.19. The molecule has 0 bridgehead atoms. The molecule has 0 aliphatic rings. The van der Waals surface area contributed by atoms with Crippen LogP contribution in [-0.4, -0.2) is 19.4 Å². The molecule has 0 radical (unpaired) electrons. The summed E-state index contributed by atoms with van der Waals surface area (Å²) in [6.45, 7) is 1.74. The lowest BCUT2D eigenvalue weighted by Crippen LogP contribution is -2.08. The van der Waals surface area contributed by atoms with Crippen LogP contribution in [0, 0.1) is 11.3 Å². The van der Waals surface area contributed by atoms with Gasteiger partial charge in [0.1, 0.15) is 19.0 Å². The summed E-state index contributed by atoms with van der Waals surface area (Å²) in [6.07, 6.45) is 0.238. The largest absolute Gasteiger partial charge is 0.490 e. The molecular formula is C13H16FNO2. The zero-order valence-electron chi connectivity index (χ0n) is 9.86. The lowest BCUT2D eigenvalue weighted by Gasteiger charge is -2.13. The number of alkyl halides is 1. The minimum Gasteiger partial charge on any atom is -0.490 e. The molecule has 3 nitrogen and oxygen atoms in total. The summed E-state index contributed by atoms with van der Waals surface area (Å²) in [5.41, 5.74) is 0.866. The van der Waals surface area contributed by atoms with Gasteiger partial charge in [-0.1, -0.05) is 18.2 Å². The normalized spacial score (nSPS) is 11.8. The SMILES string of the molecule is CC(CC#N)OCc1ccccc1OCCF. The Bertz CT molecular complexity index is 376. The van der Waals surface area contributed by atoms with Gasteiger partial charge >= 0.3 is 0 Å². The fraction of sp³-hybridized carbons (Fsp3) is 0.462. The lowest BCUT2D eigenvalue weighted by atomic mass is 10.2. The van der Waals surface area contributed by atoms with Crippen molar-refractivity contribution in [3.05, 3.63) is 29.8 Å². The van der Waals surface area contributed by atoms with Gasteiger partial charge in [-0.15, -0.1) is 0 Å². The second-order valence-electron chi connectivity index (χ2n) is 3.63. The molecule has 4 heteroatoms. The zero-order valence-corrected chi connectivity index (χ0v) is 9.86. The van der Waals surface area contributed by atoms with Crippen molar-refractivity contribution in [3.8, 4) is 11.8 Å². The third-order valence-electron chi connectivity index (χ3n) is 2.21. The number of benzene rings is 1. The molecule has 0 fully saturated rings. The Morgan fingerprint density at radius 2 is 2.18 bits per heavy atom. The molecule has 17 heavy (non-hydrogen) atoms. The Labute approximate surface area is 101 Å². The van der Waals surface area contributed by atoms with Gasteiger partial charge in [-0.05, 0) is 13.0 Å². The van der Waals surface area contributed by atoms with E-state index in [2.05, 4.69) is 0 Å². The first-order chi connectivity index (χ1) is 8.27. The van der Waals surface area contributed by atoms with Crippen LogP contribution in [0.2, 0.25) is 0 Å². The first-order valence-electron chi connectivity index (χ1n) is 5.53. The highest BCUT2D eigenvalue weighted by Gasteiger charge is 2.06. The van der Waals surface area contributed by atoms with Crippen molar-refractivity contribution in [2.24, 2.45) is 0 Å². The number of halogens is 1. The van der Waals surface area contributed by atoms with Gasteiger partial charge in [0.25, 0.3) is 0 Å². The Morgan fingerprint density at radius 3 is 2.88 bits per heavy atom. The summed E-state index contributed by atoms with van der Waals surface area (Å²) < 4.78 is 22.8. The summed E-state index contributed by atoms with van der Waals surface area (Å²) in [7, 11) is 0. The Morgan fingerprint density at radius 1 is 1.41 bits per heavy atom. The van der Waals surface area contributed by atoms with Crippen LogP contribution in [0.15, 0.2) is 24.3 Å². The predicted octanol–water partition coefficient (Wildman–Crippen LogP) is 2.85. The number of ether oxygens (including phenoxy) is 2. The molecule has 0 aliphatic heterocycles. The van der Waals surface area contributed by atoms with Gasteiger partial charge in [0, 0.05) is 5.56 Å². The van der Waals surface area contributed by atoms with Gasteiger partial charge in [0.2, 0.25) is 0 Å². The molecule has 0 N–H and O–H groups in total. The van der Waals surface area contributed by atoms with Crippen molar-refractivity contribution in [1.29, 1.82) is 5.26 Å². The standard InChI is InChI=1S/C13H16FNO2/c1-11(6-8-15)17-10-12-4-2-3-5-13(12)16-9-7-14/h2-5,11H,6-7,9-10H2,1H3. The van der Waals surface area contributed by atoms with E-state index in [0.29, 0.717) is 18.8 Å². The molecule has 92 valence electrons. The van der Waals surface area contributed by atoms with Gasteiger partial charge in [-0.3, -0.25) is 0 Å². The second kappa shape index (κ2) is 7.64. The molecular weight excluding hydrogens is 221 g/mol. The van der Waals surface area contributed by atoms with E-state index in [1.54, 1.807) is 6.07 Å². The topological polar surface area (TPSA) is 42.2 Å². The maximum atomic E-state index is 12.0. The summed E-state index contributed by atoms with van der Waals surface area (Å²) in [4.78, 5) is 0. The molecule has 0 aliphatic carbocycles. The average molecular weight is 237 g/mol. The van der Waals surface area contributed by atoms with Gasteiger partial charge in [0.15, 0.2) is 0 Å². The van der Waals surface area contributed by atoms with Crippen LogP contribution < -0.4 is 4.74 Å². The quantitative estimate of drug-likeness (QED) is 0.732. The summed E-state index contributed by atoms with van der Waals surface area (Å²) in [5, 5.41) is 8.51. The van der Waals surface area contributed by atoms with E-state index in [0.717, 1.165) is 5.56 Å². The summed E-state index contributed by atoms with van der Waals surface area (Å²) >= 11 is 0. The van der Waals surface area contributed by atoms with E-state index < -0.39 is 6.67 Å². The summed E-state index contributed by atoms with van der Waals surface area (Å²) in [5.74, 6) is 0.634. The second-order valence-corrected chi connectivity index (χ2v) is 3.63. The first-order valence-corrected chi connectivity index (χ1v) is 5.53. The minimum atomic E-state index is -0.514. The molecule has 0 aromatic heterocycles. The zero-order chi connectivity index (χ0) is 12.5. The molecule has 0 spiro atoms. The molecule has 1 aromatic rings. The third-order valence-corrected chi connectivity index (χ3v) is 2.21. The molecule has 1 rings (SSSR count). The van der Waals surface area contributed by atoms with Crippen molar-refractivity contribution in [2.75, 3.05) is 13.3 Å². The molecule has 1 atom stereocenters. The number of hydrogen-bond acceptors (Lipinski definition) is 3. The van der Waals surface area contributed by atoms with Gasteiger partial charge in [-0.2, -0.15) is 5.26 Å². The maximum Gasteiger partial charge on any atom is 0.124 e. The Kier molecular flexibility index (Phi) is 6.05. The first kappa shape index (κ1) is 13.5. The molecule has 1 aromatic carbocycles. The van der Waals surface area contributed by atoms with Crippen LogP contribution in [0.25, 0.3) is 0 Å². The van der Waals surface area contributed by atoms with Gasteiger partial charge in [0.05, 0.1) is 25.2 Å². The maximum absolute atomic E-state index is 12.0.